The van der Waals surface area contributed by atoms with Crippen LogP contribution in [0.15, 0.2) is 12.1 Å². The second kappa shape index (κ2) is 6.74. The quantitative estimate of drug-likeness (QED) is 0.931. The van der Waals surface area contributed by atoms with Crippen molar-refractivity contribution < 1.29 is 18.3 Å². The third-order valence-corrected chi connectivity index (χ3v) is 3.63. The minimum absolute atomic E-state index is 0.0206. The number of likely N-dealkylation sites (tertiary alicyclic amines) is 1. The smallest absolute Gasteiger partial charge is 0.409 e. The molecule has 1 fully saturated rings. The van der Waals surface area contributed by atoms with Gasteiger partial charge in [-0.2, -0.15) is 0 Å². The number of halogens is 2. The molecule has 6 heteroatoms. The number of benzene rings is 1. The van der Waals surface area contributed by atoms with Crippen LogP contribution in [0.25, 0.3) is 0 Å². The fourth-order valence-electron chi connectivity index (χ4n) is 2.40. The molecule has 1 aromatic carbocycles. The fourth-order valence-corrected chi connectivity index (χ4v) is 2.40. The lowest BCUT2D eigenvalue weighted by Crippen LogP contribution is -2.42. The van der Waals surface area contributed by atoms with Crippen LogP contribution in [0.1, 0.15) is 25.3 Å². The maximum Gasteiger partial charge on any atom is 0.409 e. The number of carbonyl (C=O) groups excluding carboxylic acids is 1. The number of nitrogens with one attached hydrogen (secondary N) is 1. The van der Waals surface area contributed by atoms with Crippen molar-refractivity contribution in [2.45, 2.75) is 32.7 Å². The summed E-state index contributed by atoms with van der Waals surface area (Å²) in [5.41, 5.74) is 0.461. The molecule has 21 heavy (non-hydrogen) atoms. The average molecular weight is 298 g/mol. The first-order chi connectivity index (χ1) is 10.0. The lowest BCUT2D eigenvalue weighted by molar-refractivity contribution is 0.0983. The van der Waals surface area contributed by atoms with Gasteiger partial charge in [0.25, 0.3) is 0 Å². The molecule has 1 aliphatic rings. The number of amides is 1. The van der Waals surface area contributed by atoms with E-state index >= 15 is 0 Å². The van der Waals surface area contributed by atoms with E-state index < -0.39 is 11.6 Å². The molecule has 0 radical (unpaired) electrons. The highest BCUT2D eigenvalue weighted by atomic mass is 19.1. The summed E-state index contributed by atoms with van der Waals surface area (Å²) in [6.07, 6.45) is 1.03. The lowest BCUT2D eigenvalue weighted by atomic mass is 10.0. The van der Waals surface area contributed by atoms with Crippen molar-refractivity contribution >= 4 is 11.8 Å². The molecule has 2 rings (SSSR count). The SMILES string of the molecule is CCOC(=O)N1CCC(Nc2cc(F)c(C)cc2F)CC1. The Balaban J connectivity index is 1.92. The Morgan fingerprint density at radius 2 is 2.00 bits per heavy atom. The normalized spacial score (nSPS) is 15.9. The van der Waals surface area contributed by atoms with Crippen LogP contribution in [0.2, 0.25) is 0 Å². The van der Waals surface area contributed by atoms with Gasteiger partial charge in [-0.25, -0.2) is 13.6 Å². The van der Waals surface area contributed by atoms with E-state index in [0.29, 0.717) is 32.5 Å². The molecule has 1 aromatic rings. The van der Waals surface area contributed by atoms with Crippen LogP contribution < -0.4 is 5.32 Å². The Morgan fingerprint density at radius 1 is 1.33 bits per heavy atom. The van der Waals surface area contributed by atoms with Crippen LogP contribution in [0.5, 0.6) is 0 Å². The number of ether oxygens (including phenoxy) is 1. The summed E-state index contributed by atoms with van der Waals surface area (Å²) in [6, 6.07) is 2.39. The maximum atomic E-state index is 13.8. The molecule has 0 atom stereocenters. The van der Waals surface area contributed by atoms with Crippen molar-refractivity contribution in [3.05, 3.63) is 29.3 Å². The number of piperidine rings is 1. The zero-order valence-electron chi connectivity index (χ0n) is 12.3. The first kappa shape index (κ1) is 15.5. The first-order valence-electron chi connectivity index (χ1n) is 7.15. The summed E-state index contributed by atoms with van der Waals surface area (Å²) in [4.78, 5) is 13.2. The van der Waals surface area contributed by atoms with Crippen LogP contribution >= 0.6 is 0 Å². The van der Waals surface area contributed by atoms with Gasteiger partial charge in [0, 0.05) is 25.2 Å². The standard InChI is InChI=1S/C15H20F2N2O2/c1-3-21-15(20)19-6-4-11(5-7-19)18-14-9-12(16)10(2)8-13(14)17/h8-9,11,18H,3-7H2,1-2H3. The molecule has 1 aliphatic heterocycles. The molecule has 1 amide bonds. The molecule has 1 heterocycles. The highest BCUT2D eigenvalue weighted by Gasteiger charge is 2.24. The Morgan fingerprint density at radius 3 is 2.62 bits per heavy atom. The first-order valence-corrected chi connectivity index (χ1v) is 7.15. The van der Waals surface area contributed by atoms with E-state index in [2.05, 4.69) is 5.32 Å². The van der Waals surface area contributed by atoms with Gasteiger partial charge < -0.3 is 15.0 Å². The van der Waals surface area contributed by atoms with E-state index in [1.54, 1.807) is 11.8 Å². The van der Waals surface area contributed by atoms with Crippen LogP contribution in [0.4, 0.5) is 19.3 Å². The molecule has 0 unspecified atom stereocenters. The van der Waals surface area contributed by atoms with Crippen molar-refractivity contribution in [3.63, 3.8) is 0 Å². The lowest BCUT2D eigenvalue weighted by Gasteiger charge is -2.32. The molecule has 0 saturated carbocycles. The largest absolute Gasteiger partial charge is 0.450 e. The summed E-state index contributed by atoms with van der Waals surface area (Å²) >= 11 is 0. The van der Waals surface area contributed by atoms with Crippen molar-refractivity contribution in [2.75, 3.05) is 25.0 Å². The van der Waals surface area contributed by atoms with Gasteiger partial charge in [-0.3, -0.25) is 0 Å². The van der Waals surface area contributed by atoms with Crippen LogP contribution in [-0.4, -0.2) is 36.7 Å². The topological polar surface area (TPSA) is 41.6 Å². The van der Waals surface area contributed by atoms with Gasteiger partial charge in [0.05, 0.1) is 12.3 Å². The zero-order valence-corrected chi connectivity index (χ0v) is 12.3. The fraction of sp³-hybridized carbons (Fsp3) is 0.533. The third kappa shape index (κ3) is 3.83. The molecular formula is C15H20F2N2O2. The van der Waals surface area contributed by atoms with Crippen molar-refractivity contribution in [2.24, 2.45) is 0 Å². The van der Waals surface area contributed by atoms with Gasteiger partial charge in [-0.05, 0) is 38.3 Å². The maximum absolute atomic E-state index is 13.8. The van der Waals surface area contributed by atoms with Gasteiger partial charge >= 0.3 is 6.09 Å². The second-order valence-electron chi connectivity index (χ2n) is 5.19. The van der Waals surface area contributed by atoms with Gasteiger partial charge in [0.1, 0.15) is 11.6 Å². The molecule has 4 nitrogen and oxygen atoms in total. The van der Waals surface area contributed by atoms with Gasteiger partial charge in [0.2, 0.25) is 0 Å². The summed E-state index contributed by atoms with van der Waals surface area (Å²) in [5.74, 6) is -0.885. The monoisotopic (exact) mass is 298 g/mol. The molecule has 0 aromatic heterocycles. The molecule has 1 saturated heterocycles. The van der Waals surface area contributed by atoms with Crippen molar-refractivity contribution in [3.8, 4) is 0 Å². The number of anilines is 1. The van der Waals surface area contributed by atoms with Gasteiger partial charge in [-0.1, -0.05) is 0 Å². The zero-order chi connectivity index (χ0) is 15.4. The van der Waals surface area contributed by atoms with Crippen molar-refractivity contribution in [1.29, 1.82) is 0 Å². The summed E-state index contributed by atoms with van der Waals surface area (Å²) in [5, 5.41) is 3.01. The molecule has 0 spiro atoms. The molecular weight excluding hydrogens is 278 g/mol. The van der Waals surface area contributed by atoms with E-state index in [9.17, 15) is 13.6 Å². The minimum Gasteiger partial charge on any atom is -0.450 e. The number of aryl methyl sites for hydroxylation is 1. The Labute approximate surface area is 123 Å². The summed E-state index contributed by atoms with van der Waals surface area (Å²) < 4.78 is 32.2. The highest BCUT2D eigenvalue weighted by molar-refractivity contribution is 5.67. The third-order valence-electron chi connectivity index (χ3n) is 3.63. The number of carbonyl (C=O) groups is 1. The van der Waals surface area contributed by atoms with Gasteiger partial charge in [-0.15, -0.1) is 0 Å². The second-order valence-corrected chi connectivity index (χ2v) is 5.19. The van der Waals surface area contributed by atoms with Crippen LogP contribution in [0, 0.1) is 18.6 Å². The number of hydrogen-bond donors (Lipinski definition) is 1. The van der Waals surface area contributed by atoms with E-state index in [0.717, 1.165) is 0 Å². The van der Waals surface area contributed by atoms with E-state index in [4.69, 9.17) is 4.74 Å². The number of rotatable bonds is 3. The highest BCUT2D eigenvalue weighted by Crippen LogP contribution is 2.22. The Kier molecular flexibility index (Phi) is 4.98. The Hall–Kier alpha value is -1.85. The number of hydrogen-bond acceptors (Lipinski definition) is 3. The average Bonchev–Trinajstić information content (AvgIpc) is 2.46. The Bertz CT molecular complexity index is 515. The van der Waals surface area contributed by atoms with Crippen LogP contribution in [-0.2, 0) is 4.74 Å². The summed E-state index contributed by atoms with van der Waals surface area (Å²) in [6.45, 7) is 4.74. The molecule has 0 bridgehead atoms. The van der Waals surface area contributed by atoms with Gasteiger partial charge in [0.15, 0.2) is 0 Å². The summed E-state index contributed by atoms with van der Waals surface area (Å²) in [7, 11) is 0. The van der Waals surface area contributed by atoms with Crippen LogP contribution in [0.3, 0.4) is 0 Å². The molecule has 0 aliphatic carbocycles. The minimum atomic E-state index is -0.457. The van der Waals surface area contributed by atoms with E-state index in [1.807, 2.05) is 0 Å². The van der Waals surface area contributed by atoms with E-state index in [-0.39, 0.29) is 23.4 Å². The molecule has 1 N–H and O–H groups in total. The number of nitrogens with zero attached hydrogens (tertiary/aromatic N) is 1. The van der Waals surface area contributed by atoms with E-state index in [1.165, 1.54) is 19.1 Å². The predicted octanol–water partition coefficient (Wildman–Crippen LogP) is 3.31. The predicted molar refractivity (Wildman–Crippen MR) is 76.3 cm³/mol. The molecule has 116 valence electrons. The van der Waals surface area contributed by atoms with Crippen molar-refractivity contribution in [1.82, 2.24) is 4.90 Å².